The van der Waals surface area contributed by atoms with E-state index >= 15 is 0 Å². The zero-order valence-electron chi connectivity index (χ0n) is 27.2. The molecule has 234 valence electrons. The highest BCUT2D eigenvalue weighted by Gasteiger charge is 2.28. The molecule has 4 rings (SSSR count). The van der Waals surface area contributed by atoms with Crippen LogP contribution >= 0.6 is 11.6 Å². The fourth-order valence-electron chi connectivity index (χ4n) is 5.86. The Bertz CT molecular complexity index is 1710. The minimum atomic E-state index is -0.303. The molecule has 44 heavy (non-hydrogen) atoms. The normalized spacial score (nSPS) is 11.9. The van der Waals surface area contributed by atoms with Crippen LogP contribution in [0.15, 0.2) is 65.8 Å². The van der Waals surface area contributed by atoms with Crippen LogP contribution < -0.4 is 4.74 Å². The fraction of sp³-hybridized carbons (Fsp3) is 0.395. The van der Waals surface area contributed by atoms with E-state index in [4.69, 9.17) is 21.1 Å². The Hall–Kier alpha value is -3.57. The molecule has 0 amide bonds. The molecule has 0 spiro atoms. The highest BCUT2D eigenvalue weighted by molar-refractivity contribution is 6.34. The van der Waals surface area contributed by atoms with Crippen LogP contribution in [0.25, 0.3) is 27.2 Å². The molecular weight excluding hydrogens is 573 g/mol. The van der Waals surface area contributed by atoms with E-state index < -0.39 is 0 Å². The summed E-state index contributed by atoms with van der Waals surface area (Å²) < 4.78 is 28.0. The van der Waals surface area contributed by atoms with E-state index in [-0.39, 0.29) is 11.8 Å². The van der Waals surface area contributed by atoms with Crippen LogP contribution in [0.4, 0.5) is 4.39 Å². The maximum Gasteiger partial charge on any atom is 0.355 e. The molecule has 0 aliphatic rings. The molecule has 0 saturated heterocycles. The van der Waals surface area contributed by atoms with Gasteiger partial charge >= 0.3 is 5.97 Å². The van der Waals surface area contributed by atoms with Gasteiger partial charge in [-0.05, 0) is 112 Å². The van der Waals surface area contributed by atoms with Gasteiger partial charge in [-0.1, -0.05) is 62.2 Å². The monoisotopic (exact) mass is 617 g/mol. The van der Waals surface area contributed by atoms with Gasteiger partial charge in [0.1, 0.15) is 17.3 Å². The molecule has 0 unspecified atom stereocenters. The highest BCUT2D eigenvalue weighted by atomic mass is 35.5. The van der Waals surface area contributed by atoms with E-state index in [1.807, 2.05) is 44.2 Å². The number of carbonyl (C=O) groups excluding carboxylic acids is 1. The van der Waals surface area contributed by atoms with Crippen molar-refractivity contribution >= 4 is 44.8 Å². The van der Waals surface area contributed by atoms with Crippen molar-refractivity contribution in [1.82, 2.24) is 4.57 Å². The Morgan fingerprint density at radius 1 is 1.05 bits per heavy atom. The summed E-state index contributed by atoms with van der Waals surface area (Å²) in [6.07, 6.45) is 5.05. The third kappa shape index (κ3) is 7.21. The number of esters is 1. The van der Waals surface area contributed by atoms with Gasteiger partial charge in [-0.2, -0.15) is 0 Å². The smallest absolute Gasteiger partial charge is 0.355 e. The number of hydrogen-bond acceptors (Lipinski definition) is 3. The molecule has 0 atom stereocenters. The van der Waals surface area contributed by atoms with Gasteiger partial charge in [0.15, 0.2) is 0 Å². The summed E-state index contributed by atoms with van der Waals surface area (Å²) in [7, 11) is 0. The third-order valence-electron chi connectivity index (χ3n) is 8.05. The third-order valence-corrected chi connectivity index (χ3v) is 8.36. The molecule has 1 aromatic heterocycles. The SMILES string of the molecule is C/C=C(/C)C(=C(C)C)c1c(Cl)ccc2c(CCCOc3cccc4cc(F)ccc34)c(C(=O)OCCC)n(CCC(C)C)c12. The van der Waals surface area contributed by atoms with Gasteiger partial charge in [0.05, 0.1) is 23.8 Å². The van der Waals surface area contributed by atoms with Gasteiger partial charge in [-0.3, -0.25) is 0 Å². The van der Waals surface area contributed by atoms with E-state index in [1.165, 1.54) is 12.1 Å². The molecule has 0 saturated carbocycles. The second kappa shape index (κ2) is 14.9. The van der Waals surface area contributed by atoms with Crippen LogP contribution in [0.2, 0.25) is 5.02 Å². The summed E-state index contributed by atoms with van der Waals surface area (Å²) in [4.78, 5) is 13.8. The number of hydrogen-bond donors (Lipinski definition) is 0. The van der Waals surface area contributed by atoms with Crippen LogP contribution in [0, 0.1) is 11.7 Å². The van der Waals surface area contributed by atoms with E-state index in [1.54, 1.807) is 6.07 Å². The minimum Gasteiger partial charge on any atom is -0.493 e. The van der Waals surface area contributed by atoms with E-state index in [9.17, 15) is 9.18 Å². The highest BCUT2D eigenvalue weighted by Crippen LogP contribution is 2.41. The van der Waals surface area contributed by atoms with Crippen molar-refractivity contribution in [2.24, 2.45) is 5.92 Å². The predicted octanol–water partition coefficient (Wildman–Crippen LogP) is 11.0. The Balaban J connectivity index is 1.83. The van der Waals surface area contributed by atoms with Crippen molar-refractivity contribution in [3.05, 3.63) is 93.4 Å². The molecule has 0 aliphatic carbocycles. The summed E-state index contributed by atoms with van der Waals surface area (Å²) in [6, 6.07) is 14.4. The van der Waals surface area contributed by atoms with E-state index in [0.29, 0.717) is 55.0 Å². The van der Waals surface area contributed by atoms with Crippen molar-refractivity contribution in [3.63, 3.8) is 0 Å². The second-order valence-corrected chi connectivity index (χ2v) is 12.4. The summed E-state index contributed by atoms with van der Waals surface area (Å²) in [6.45, 7) is 16.2. The second-order valence-electron chi connectivity index (χ2n) is 12.0. The average Bonchev–Trinajstić information content (AvgIpc) is 3.30. The van der Waals surface area contributed by atoms with Crippen molar-refractivity contribution in [2.75, 3.05) is 13.2 Å². The molecule has 6 heteroatoms. The molecule has 0 N–H and O–H groups in total. The lowest BCUT2D eigenvalue weighted by Gasteiger charge is -2.18. The number of benzene rings is 3. The lowest BCUT2D eigenvalue weighted by molar-refractivity contribution is 0.0491. The zero-order valence-corrected chi connectivity index (χ0v) is 27.9. The maximum atomic E-state index is 13.8. The van der Waals surface area contributed by atoms with Crippen molar-refractivity contribution in [2.45, 2.75) is 80.7 Å². The maximum absolute atomic E-state index is 13.8. The van der Waals surface area contributed by atoms with Gasteiger partial charge < -0.3 is 14.0 Å². The molecule has 0 bridgehead atoms. The fourth-order valence-corrected chi connectivity index (χ4v) is 6.11. The Morgan fingerprint density at radius 3 is 2.48 bits per heavy atom. The van der Waals surface area contributed by atoms with Gasteiger partial charge in [0.25, 0.3) is 0 Å². The first-order chi connectivity index (χ1) is 21.1. The van der Waals surface area contributed by atoms with Crippen LogP contribution in [0.1, 0.15) is 89.3 Å². The van der Waals surface area contributed by atoms with E-state index in [2.05, 4.69) is 45.3 Å². The number of nitrogens with zero attached hydrogens (tertiary/aromatic N) is 1. The average molecular weight is 618 g/mol. The van der Waals surface area contributed by atoms with Crippen LogP contribution in [0.3, 0.4) is 0 Å². The number of allylic oxidation sites excluding steroid dienone is 4. The summed E-state index contributed by atoms with van der Waals surface area (Å²) >= 11 is 7.02. The predicted molar refractivity (Wildman–Crippen MR) is 182 cm³/mol. The van der Waals surface area contributed by atoms with Gasteiger partial charge in [0.2, 0.25) is 0 Å². The summed E-state index contributed by atoms with van der Waals surface area (Å²) in [5.74, 6) is 0.586. The molecule has 4 nitrogen and oxygen atoms in total. The number of aromatic nitrogens is 1. The standard InChI is InChI=1S/C38H45ClFNO3/c1-8-21-44-38(42)37-30(13-11-22-43-33-14-10-12-27-23-28(40)15-16-29(27)33)31-17-18-32(39)35(34(25(5)6)26(7)9-2)36(31)41(37)20-19-24(3)4/h9-10,12,14-18,23-24H,8,11,13,19-22H2,1-7H3/b26-9-. The van der Waals surface area contributed by atoms with Crippen LogP contribution in [-0.2, 0) is 17.7 Å². The molecule has 3 aromatic carbocycles. The first-order valence-corrected chi connectivity index (χ1v) is 16.1. The minimum absolute atomic E-state index is 0.272. The lowest BCUT2D eigenvalue weighted by atomic mass is 9.92. The Labute approximate surface area is 266 Å². The van der Waals surface area contributed by atoms with Gasteiger partial charge in [0, 0.05) is 22.9 Å². The van der Waals surface area contributed by atoms with Gasteiger partial charge in [-0.25, -0.2) is 9.18 Å². The zero-order chi connectivity index (χ0) is 32.0. The number of ether oxygens (including phenoxy) is 2. The molecule has 4 aromatic rings. The Kier molecular flexibility index (Phi) is 11.3. The number of aryl methyl sites for hydroxylation is 2. The van der Waals surface area contributed by atoms with Crippen molar-refractivity contribution in [1.29, 1.82) is 0 Å². The number of rotatable bonds is 13. The number of carbonyl (C=O) groups is 1. The molecule has 0 radical (unpaired) electrons. The summed E-state index contributed by atoms with van der Waals surface area (Å²) in [5.41, 5.74) is 6.89. The molecule has 0 fully saturated rings. The molecule has 0 aliphatic heterocycles. The largest absolute Gasteiger partial charge is 0.493 e. The number of fused-ring (bicyclic) bond motifs is 2. The molecular formula is C38H45ClFNO3. The lowest BCUT2D eigenvalue weighted by Crippen LogP contribution is -2.16. The topological polar surface area (TPSA) is 40.5 Å². The first kappa shape index (κ1) is 33.3. The molecule has 1 heterocycles. The van der Waals surface area contributed by atoms with Crippen molar-refractivity contribution < 1.29 is 18.7 Å². The van der Waals surface area contributed by atoms with E-state index in [0.717, 1.165) is 62.4 Å². The number of halogens is 2. The Morgan fingerprint density at radius 2 is 1.80 bits per heavy atom. The van der Waals surface area contributed by atoms with Crippen LogP contribution in [0.5, 0.6) is 5.75 Å². The first-order valence-electron chi connectivity index (χ1n) is 15.7. The van der Waals surface area contributed by atoms with Gasteiger partial charge in [-0.15, -0.1) is 0 Å². The van der Waals surface area contributed by atoms with Crippen molar-refractivity contribution in [3.8, 4) is 5.75 Å². The quantitative estimate of drug-likeness (QED) is 0.0851. The van der Waals surface area contributed by atoms with Crippen LogP contribution in [-0.4, -0.2) is 23.8 Å². The summed E-state index contributed by atoms with van der Waals surface area (Å²) in [5, 5.41) is 3.34.